The first kappa shape index (κ1) is 33.7. The number of rotatable bonds is 7. The molecule has 0 unspecified atom stereocenters. The van der Waals surface area contributed by atoms with Gasteiger partial charge in [-0.2, -0.15) is 8.78 Å². The van der Waals surface area contributed by atoms with Crippen molar-refractivity contribution in [1.29, 1.82) is 0 Å². The molecule has 3 aromatic heterocycles. The molecule has 47 heavy (non-hydrogen) atoms. The van der Waals surface area contributed by atoms with E-state index in [9.17, 15) is 47.4 Å². The van der Waals surface area contributed by atoms with Gasteiger partial charge in [0.2, 0.25) is 23.5 Å². The molecule has 0 aliphatic rings. The molecule has 5 rings (SSSR count). The molecule has 0 saturated heterocycles. The summed E-state index contributed by atoms with van der Waals surface area (Å²) >= 11 is 0. The smallest absolute Gasteiger partial charge is 0.283 e. The number of Topliss-reactive ketones (excluding diaryl/α,β-unsaturated/α-hetero) is 2. The van der Waals surface area contributed by atoms with Crippen molar-refractivity contribution >= 4 is 22.9 Å². The van der Waals surface area contributed by atoms with Gasteiger partial charge in [0.1, 0.15) is 28.7 Å². The Morgan fingerprint density at radius 3 is 1.85 bits per heavy atom. The lowest BCUT2D eigenvalue weighted by Gasteiger charge is -2.14. The molecule has 0 fully saturated rings. The summed E-state index contributed by atoms with van der Waals surface area (Å²) in [6.45, 7) is 5.70. The summed E-state index contributed by atoms with van der Waals surface area (Å²) in [4.78, 5) is 58.7. The largest absolute Gasteiger partial charge is 0.341 e. The van der Waals surface area contributed by atoms with E-state index < -0.39 is 72.9 Å². The number of carbonyl (C=O) groups is 2. The summed E-state index contributed by atoms with van der Waals surface area (Å²) in [5.41, 5.74) is -2.29. The van der Waals surface area contributed by atoms with E-state index in [2.05, 4.69) is 19.9 Å². The fourth-order valence-corrected chi connectivity index (χ4v) is 4.19. The second kappa shape index (κ2) is 13.4. The summed E-state index contributed by atoms with van der Waals surface area (Å²) in [5.74, 6) is -5.66. The summed E-state index contributed by atoms with van der Waals surface area (Å²) in [6.07, 6.45) is 2.39. The van der Waals surface area contributed by atoms with Gasteiger partial charge in [-0.3, -0.25) is 29.8 Å². The molecule has 3 heterocycles. The van der Waals surface area contributed by atoms with Crippen molar-refractivity contribution in [2.45, 2.75) is 26.2 Å². The van der Waals surface area contributed by atoms with Crippen molar-refractivity contribution < 1.29 is 37.0 Å². The van der Waals surface area contributed by atoms with E-state index in [4.69, 9.17) is 0 Å². The molecule has 0 aliphatic heterocycles. The van der Waals surface area contributed by atoms with E-state index >= 15 is 0 Å². The Morgan fingerprint density at radius 1 is 0.723 bits per heavy atom. The van der Waals surface area contributed by atoms with Crippen LogP contribution in [-0.2, 0) is 5.41 Å². The first-order chi connectivity index (χ1) is 22.1. The van der Waals surface area contributed by atoms with Crippen LogP contribution in [0.2, 0.25) is 0 Å². The summed E-state index contributed by atoms with van der Waals surface area (Å²) < 4.78 is 54.1. The standard InChI is InChI=1S/C18H16F2N4O2.C13H6F2N2O4/c1-18(2,3)17-22-14(11-7-6-10(19)9-13(11)24(25)26)15(23-17)12-5-4-8-21-16(12)20;14-7-3-4-8(10(6-7)17(20)21)11(18)12(19)9-2-1-5-16-13(9)15/h4-9H,1-3H3,(H,22,23);1-6H. The number of ketones is 2. The number of hydrogen-bond donors (Lipinski definition) is 1. The van der Waals surface area contributed by atoms with Crippen LogP contribution in [0.5, 0.6) is 0 Å². The quantitative estimate of drug-likeness (QED) is 0.0488. The van der Waals surface area contributed by atoms with Crippen LogP contribution in [0.1, 0.15) is 47.3 Å². The number of benzene rings is 2. The Morgan fingerprint density at radius 2 is 1.28 bits per heavy atom. The molecule has 5 aromatic rings. The van der Waals surface area contributed by atoms with Gasteiger partial charge in [-0.25, -0.2) is 23.7 Å². The van der Waals surface area contributed by atoms with Crippen LogP contribution in [0.3, 0.4) is 0 Å². The van der Waals surface area contributed by atoms with Gasteiger partial charge in [0.25, 0.3) is 11.4 Å². The van der Waals surface area contributed by atoms with E-state index in [1.165, 1.54) is 24.4 Å². The van der Waals surface area contributed by atoms with E-state index in [1.54, 1.807) is 6.07 Å². The normalized spacial score (nSPS) is 11.0. The number of nitrogens with zero attached hydrogens (tertiary/aromatic N) is 5. The summed E-state index contributed by atoms with van der Waals surface area (Å²) in [7, 11) is 0. The van der Waals surface area contributed by atoms with Crippen LogP contribution in [-0.4, -0.2) is 41.3 Å². The molecular formula is C31H22F4N6O6. The molecule has 0 saturated carbocycles. The second-order valence-corrected chi connectivity index (χ2v) is 10.7. The van der Waals surface area contributed by atoms with Crippen molar-refractivity contribution in [2.24, 2.45) is 0 Å². The Hall–Kier alpha value is -6.19. The molecule has 0 aliphatic carbocycles. The lowest BCUT2D eigenvalue weighted by Crippen LogP contribution is -2.18. The molecule has 0 spiro atoms. The number of H-pyrrole nitrogens is 1. The van der Waals surface area contributed by atoms with Gasteiger partial charge < -0.3 is 4.98 Å². The average molecular weight is 651 g/mol. The first-order valence-electron chi connectivity index (χ1n) is 13.4. The van der Waals surface area contributed by atoms with Crippen molar-refractivity contribution in [3.05, 3.63) is 134 Å². The van der Waals surface area contributed by atoms with Crippen LogP contribution in [0, 0.1) is 43.8 Å². The van der Waals surface area contributed by atoms with E-state index in [1.807, 2.05) is 20.8 Å². The van der Waals surface area contributed by atoms with Crippen molar-refractivity contribution in [3.63, 3.8) is 0 Å². The molecule has 240 valence electrons. The Balaban J connectivity index is 0.000000218. The predicted octanol–water partition coefficient (Wildman–Crippen LogP) is 6.96. The SMILES string of the molecule is CC(C)(C)c1nc(-c2ccc(F)cc2[N+](=O)[O-])c(-c2cccnc2F)[nH]1.O=C(C(=O)c1cccnc1F)c1ccc(F)cc1[N+](=O)[O-]. The highest BCUT2D eigenvalue weighted by Crippen LogP contribution is 2.38. The summed E-state index contributed by atoms with van der Waals surface area (Å²) in [6, 6.07) is 10.6. The molecule has 12 nitrogen and oxygen atoms in total. The zero-order chi connectivity index (χ0) is 34.6. The van der Waals surface area contributed by atoms with Crippen LogP contribution < -0.4 is 0 Å². The number of nitrogens with one attached hydrogen (secondary N) is 1. The lowest BCUT2D eigenvalue weighted by molar-refractivity contribution is -0.385. The number of aromatic nitrogens is 4. The third-order valence-corrected chi connectivity index (χ3v) is 6.47. The number of carbonyl (C=O) groups excluding carboxylic acids is 2. The number of nitro benzene ring substituents is 2. The second-order valence-electron chi connectivity index (χ2n) is 10.7. The van der Waals surface area contributed by atoms with Gasteiger partial charge in [0.15, 0.2) is 0 Å². The molecular weight excluding hydrogens is 628 g/mol. The molecule has 0 atom stereocenters. The van der Waals surface area contributed by atoms with Gasteiger partial charge in [0.05, 0.1) is 44.4 Å². The predicted molar refractivity (Wildman–Crippen MR) is 158 cm³/mol. The third-order valence-electron chi connectivity index (χ3n) is 6.47. The van der Waals surface area contributed by atoms with Gasteiger partial charge >= 0.3 is 0 Å². The minimum Gasteiger partial charge on any atom is -0.341 e. The maximum absolute atomic E-state index is 14.2. The third kappa shape index (κ3) is 7.38. The van der Waals surface area contributed by atoms with Gasteiger partial charge in [-0.05, 0) is 48.5 Å². The highest BCUT2D eigenvalue weighted by Gasteiger charge is 2.30. The Kier molecular flexibility index (Phi) is 9.63. The molecule has 16 heteroatoms. The fourth-order valence-electron chi connectivity index (χ4n) is 4.19. The fraction of sp³-hybridized carbons (Fsp3) is 0.129. The number of pyridine rings is 2. The van der Waals surface area contributed by atoms with Crippen LogP contribution in [0.15, 0.2) is 73.1 Å². The minimum absolute atomic E-state index is 0.0985. The topological polar surface area (TPSA) is 175 Å². The van der Waals surface area contributed by atoms with E-state index in [-0.39, 0.29) is 22.5 Å². The molecule has 0 bridgehead atoms. The Labute approximate surface area is 262 Å². The summed E-state index contributed by atoms with van der Waals surface area (Å²) in [5, 5.41) is 22.2. The number of halogens is 4. The molecule has 0 radical (unpaired) electrons. The number of imidazole rings is 1. The van der Waals surface area contributed by atoms with Crippen molar-refractivity contribution in [1.82, 2.24) is 19.9 Å². The lowest BCUT2D eigenvalue weighted by atomic mass is 9.96. The maximum atomic E-state index is 14.2. The van der Waals surface area contributed by atoms with Gasteiger partial charge in [-0.15, -0.1) is 0 Å². The van der Waals surface area contributed by atoms with Crippen molar-refractivity contribution in [2.75, 3.05) is 0 Å². The molecule has 1 N–H and O–H groups in total. The molecule has 2 aromatic carbocycles. The highest BCUT2D eigenvalue weighted by atomic mass is 19.1. The van der Waals surface area contributed by atoms with Crippen LogP contribution in [0.4, 0.5) is 28.9 Å². The van der Waals surface area contributed by atoms with E-state index in [0.29, 0.717) is 11.9 Å². The maximum Gasteiger partial charge on any atom is 0.283 e. The Bertz CT molecular complexity index is 2040. The monoisotopic (exact) mass is 650 g/mol. The zero-order valence-corrected chi connectivity index (χ0v) is 24.6. The van der Waals surface area contributed by atoms with Crippen LogP contribution >= 0.6 is 0 Å². The van der Waals surface area contributed by atoms with Gasteiger partial charge in [-0.1, -0.05) is 20.8 Å². The molecule has 0 amide bonds. The number of aromatic amines is 1. The minimum atomic E-state index is -1.31. The number of hydrogen-bond acceptors (Lipinski definition) is 9. The van der Waals surface area contributed by atoms with E-state index in [0.717, 1.165) is 36.5 Å². The van der Waals surface area contributed by atoms with Gasteiger partial charge in [0, 0.05) is 17.8 Å². The number of nitro groups is 2. The zero-order valence-electron chi connectivity index (χ0n) is 24.6. The van der Waals surface area contributed by atoms with Crippen molar-refractivity contribution in [3.8, 4) is 22.5 Å². The van der Waals surface area contributed by atoms with Crippen LogP contribution in [0.25, 0.3) is 22.5 Å². The average Bonchev–Trinajstić information content (AvgIpc) is 3.47. The highest BCUT2D eigenvalue weighted by molar-refractivity contribution is 6.49. The first-order valence-corrected chi connectivity index (χ1v) is 13.4.